The van der Waals surface area contributed by atoms with Gasteiger partial charge in [0, 0.05) is 58.4 Å². The number of hydrogen-bond acceptors (Lipinski definition) is 15. The minimum absolute atomic E-state index is 0.0202. The van der Waals surface area contributed by atoms with Crippen LogP contribution in [0.2, 0.25) is 0 Å². The molecule has 2 aliphatic rings. The van der Waals surface area contributed by atoms with Gasteiger partial charge in [-0.3, -0.25) is 33.6 Å². The molecule has 1 saturated carbocycles. The number of esters is 7. The Morgan fingerprint density at radius 2 is 1.22 bits per heavy atom. The predicted molar refractivity (Wildman–Crippen MR) is 187 cm³/mol. The van der Waals surface area contributed by atoms with Crippen molar-refractivity contribution in [1.82, 2.24) is 0 Å². The molecular weight excluding hydrogens is 708 g/mol. The normalized spacial score (nSPS) is 30.4. The van der Waals surface area contributed by atoms with Gasteiger partial charge in [0.15, 0.2) is 36.0 Å². The molecular formula is C39H48O15. The first-order valence-corrected chi connectivity index (χ1v) is 17.3. The summed E-state index contributed by atoms with van der Waals surface area (Å²) in [6, 6.07) is 7.76. The molecule has 0 aromatic heterocycles. The standard InChI is InChI=1S/C39H48O15/c1-19-17-18-38(10,11)36(52-26(8)44)33(49-23(5)41)32(48-22(4)40)20(2)30(46)29-31(53-37(47)28-15-13-12-14-16-28)21(3)35(51-25(7)43)39(29,54-27(9)45)34(19)50-24(6)42/h12-17,21,29,31,33-36H,18H2,1-11H3/b19-17+,32-20+/t21-,29+,31+,33+,34-,35+,36-,39-/m1/s1. The molecule has 54 heavy (non-hydrogen) atoms. The van der Waals surface area contributed by atoms with Crippen LogP contribution in [-0.2, 0) is 66.7 Å². The topological polar surface area (TPSA) is 201 Å². The second kappa shape index (κ2) is 17.2. The summed E-state index contributed by atoms with van der Waals surface area (Å²) in [5.41, 5.74) is -3.75. The van der Waals surface area contributed by atoms with Gasteiger partial charge in [0.05, 0.1) is 5.56 Å². The summed E-state index contributed by atoms with van der Waals surface area (Å²) >= 11 is 0. The molecule has 1 fully saturated rings. The van der Waals surface area contributed by atoms with Gasteiger partial charge >= 0.3 is 41.8 Å². The maximum absolute atomic E-state index is 15.4. The second-order valence-electron chi connectivity index (χ2n) is 14.2. The molecule has 0 spiro atoms. The molecule has 15 nitrogen and oxygen atoms in total. The second-order valence-corrected chi connectivity index (χ2v) is 14.2. The average molecular weight is 757 g/mol. The number of benzene rings is 1. The minimum Gasteiger partial charge on any atom is -0.458 e. The highest BCUT2D eigenvalue weighted by atomic mass is 16.6. The highest BCUT2D eigenvalue weighted by Gasteiger charge is 2.72. The van der Waals surface area contributed by atoms with Crippen molar-refractivity contribution in [2.75, 3.05) is 0 Å². The molecule has 2 aliphatic carbocycles. The van der Waals surface area contributed by atoms with E-state index in [0.717, 1.165) is 41.5 Å². The van der Waals surface area contributed by atoms with Crippen LogP contribution in [0.15, 0.2) is 53.3 Å². The van der Waals surface area contributed by atoms with Gasteiger partial charge in [0.25, 0.3) is 0 Å². The summed E-state index contributed by atoms with van der Waals surface area (Å²) in [7, 11) is 0. The van der Waals surface area contributed by atoms with Crippen LogP contribution < -0.4 is 0 Å². The highest BCUT2D eigenvalue weighted by Crippen LogP contribution is 2.53. The molecule has 0 aliphatic heterocycles. The fourth-order valence-electron chi connectivity index (χ4n) is 7.18. The molecule has 1 aromatic carbocycles. The molecule has 0 N–H and O–H groups in total. The number of hydrogen-bond donors (Lipinski definition) is 0. The van der Waals surface area contributed by atoms with Crippen LogP contribution in [0.5, 0.6) is 0 Å². The van der Waals surface area contributed by atoms with E-state index in [2.05, 4.69) is 0 Å². The predicted octanol–water partition coefficient (Wildman–Crippen LogP) is 4.29. The van der Waals surface area contributed by atoms with E-state index in [1.54, 1.807) is 38.1 Å². The summed E-state index contributed by atoms with van der Waals surface area (Å²) in [4.78, 5) is 106. The molecule has 0 heterocycles. The first-order chi connectivity index (χ1) is 25.0. The number of rotatable bonds is 8. The van der Waals surface area contributed by atoms with Gasteiger partial charge in [-0.05, 0) is 38.0 Å². The number of ether oxygens (including phenoxy) is 7. The molecule has 15 heteroatoms. The Morgan fingerprint density at radius 1 is 0.685 bits per heavy atom. The van der Waals surface area contributed by atoms with Crippen molar-refractivity contribution >= 4 is 47.6 Å². The van der Waals surface area contributed by atoms with E-state index >= 15 is 4.79 Å². The lowest BCUT2D eigenvalue weighted by atomic mass is 9.73. The summed E-state index contributed by atoms with van der Waals surface area (Å²) in [6.45, 7) is 14.0. The third-order valence-corrected chi connectivity index (χ3v) is 9.34. The average Bonchev–Trinajstić information content (AvgIpc) is 3.27. The Labute approximate surface area is 313 Å². The Balaban J connectivity index is 2.64. The summed E-state index contributed by atoms with van der Waals surface area (Å²) < 4.78 is 41.0. The van der Waals surface area contributed by atoms with Gasteiger partial charge in [-0.2, -0.15) is 0 Å². The van der Waals surface area contributed by atoms with Gasteiger partial charge < -0.3 is 33.2 Å². The van der Waals surface area contributed by atoms with Gasteiger partial charge in [0.1, 0.15) is 12.0 Å². The van der Waals surface area contributed by atoms with Gasteiger partial charge in [-0.25, -0.2) is 4.79 Å². The van der Waals surface area contributed by atoms with Crippen LogP contribution >= 0.6 is 0 Å². The van der Waals surface area contributed by atoms with E-state index in [1.807, 2.05) is 0 Å². The minimum atomic E-state index is -2.43. The molecule has 3 rings (SSSR count). The number of allylic oxidation sites excluding steroid dienone is 2. The Morgan fingerprint density at radius 3 is 1.72 bits per heavy atom. The van der Waals surface area contributed by atoms with Crippen molar-refractivity contribution < 1.29 is 71.5 Å². The number of Topliss-reactive ketones (excluding diaryl/α,β-unsaturated/α-hetero) is 1. The van der Waals surface area contributed by atoms with Crippen molar-refractivity contribution in [1.29, 1.82) is 0 Å². The summed E-state index contributed by atoms with van der Waals surface area (Å²) in [5.74, 6) is -10.8. The van der Waals surface area contributed by atoms with Crippen LogP contribution in [0.1, 0.15) is 92.9 Å². The Kier molecular flexibility index (Phi) is 13.7. The van der Waals surface area contributed by atoms with E-state index in [0.29, 0.717) is 0 Å². The first-order valence-electron chi connectivity index (χ1n) is 17.3. The number of ketones is 1. The monoisotopic (exact) mass is 756 g/mol. The summed E-state index contributed by atoms with van der Waals surface area (Å²) in [5, 5.41) is 0. The van der Waals surface area contributed by atoms with Crippen LogP contribution in [0.25, 0.3) is 0 Å². The molecule has 8 atom stereocenters. The smallest absolute Gasteiger partial charge is 0.338 e. The lowest BCUT2D eigenvalue weighted by Crippen LogP contribution is -2.62. The molecule has 1 aromatic rings. The van der Waals surface area contributed by atoms with Crippen LogP contribution in [0, 0.1) is 17.3 Å². The quantitative estimate of drug-likeness (QED) is 0.206. The maximum atomic E-state index is 15.4. The van der Waals surface area contributed by atoms with Crippen molar-refractivity contribution in [3.63, 3.8) is 0 Å². The van der Waals surface area contributed by atoms with Crippen molar-refractivity contribution in [3.8, 4) is 0 Å². The van der Waals surface area contributed by atoms with E-state index in [4.69, 9.17) is 33.2 Å². The maximum Gasteiger partial charge on any atom is 0.338 e. The third kappa shape index (κ3) is 9.41. The SMILES string of the molecule is CC(=O)O/C1=C(\C)C(=O)[C@H]2[C@@H](OC(=O)c3ccccc3)[C@@H](C)[C@H](OC(C)=O)[C@]2(OC(C)=O)[C@H](OC(C)=O)/C(C)=C/CC(C)(C)[C@H](OC(C)=O)[C@H]1OC(C)=O. The van der Waals surface area contributed by atoms with Gasteiger partial charge in [-0.15, -0.1) is 0 Å². The molecule has 0 radical (unpaired) electrons. The lowest BCUT2D eigenvalue weighted by molar-refractivity contribution is -0.213. The van der Waals surface area contributed by atoms with E-state index in [1.165, 1.54) is 32.9 Å². The summed E-state index contributed by atoms with van der Waals surface area (Å²) in [6.07, 6.45) is -6.40. The van der Waals surface area contributed by atoms with E-state index in [9.17, 15) is 33.6 Å². The zero-order valence-corrected chi connectivity index (χ0v) is 32.3. The van der Waals surface area contributed by atoms with Crippen LogP contribution in [0.4, 0.5) is 0 Å². The van der Waals surface area contributed by atoms with E-state index < -0.39 is 112 Å². The first kappa shape index (κ1) is 43.1. The number of fused-ring (bicyclic) bond motifs is 1. The molecule has 0 unspecified atom stereocenters. The molecule has 0 bridgehead atoms. The number of carbonyl (C=O) groups excluding carboxylic acids is 8. The van der Waals surface area contributed by atoms with Crippen LogP contribution in [0.3, 0.4) is 0 Å². The zero-order valence-electron chi connectivity index (χ0n) is 32.3. The fraction of sp³-hybridized carbons (Fsp3) is 0.538. The highest BCUT2D eigenvalue weighted by molar-refractivity contribution is 6.00. The van der Waals surface area contributed by atoms with Crippen molar-refractivity contribution in [3.05, 3.63) is 58.9 Å². The Bertz CT molecular complexity index is 1740. The van der Waals surface area contributed by atoms with Crippen LogP contribution in [-0.4, -0.2) is 83.7 Å². The molecule has 0 amide bonds. The third-order valence-electron chi connectivity index (χ3n) is 9.34. The fourth-order valence-corrected chi connectivity index (χ4v) is 7.18. The van der Waals surface area contributed by atoms with Gasteiger partial charge in [-0.1, -0.05) is 45.0 Å². The lowest BCUT2D eigenvalue weighted by Gasteiger charge is -2.44. The molecule has 294 valence electrons. The largest absolute Gasteiger partial charge is 0.458 e. The molecule has 0 saturated heterocycles. The number of carbonyl (C=O) groups is 8. The van der Waals surface area contributed by atoms with E-state index in [-0.39, 0.29) is 17.6 Å². The zero-order chi connectivity index (χ0) is 40.9. The van der Waals surface area contributed by atoms with Crippen molar-refractivity contribution in [2.24, 2.45) is 17.3 Å². The Hall–Kier alpha value is -5.34. The van der Waals surface area contributed by atoms with Gasteiger partial charge in [0.2, 0.25) is 5.60 Å². The van der Waals surface area contributed by atoms with Crippen molar-refractivity contribution in [2.45, 2.75) is 119 Å².